The Labute approximate surface area is 187 Å². The summed E-state index contributed by atoms with van der Waals surface area (Å²) in [6.45, 7) is 5.54. The van der Waals surface area contributed by atoms with E-state index in [9.17, 15) is 5.21 Å². The third-order valence-electron chi connectivity index (χ3n) is 5.02. The molecule has 0 bridgehead atoms. The molecular formula is C23H26N6O3. The Morgan fingerprint density at radius 3 is 2.81 bits per heavy atom. The normalized spacial score (nSPS) is 14.1. The summed E-state index contributed by atoms with van der Waals surface area (Å²) in [7, 11) is 0. The van der Waals surface area contributed by atoms with E-state index in [-0.39, 0.29) is 12.6 Å². The number of nitrogens with zero attached hydrogens (tertiary/aromatic N) is 6. The molecule has 0 spiro atoms. The van der Waals surface area contributed by atoms with Gasteiger partial charge in [0.2, 0.25) is 0 Å². The van der Waals surface area contributed by atoms with Gasteiger partial charge >= 0.3 is 6.01 Å². The SMILES string of the molecule is Cc1cccc(CN=Nc2cc(N3CCOCC3)nc(OCCc3cccc[n+]3[O-])n2)c1. The Bertz CT molecular complexity index is 1070. The molecule has 0 saturated carbocycles. The molecule has 4 rings (SSSR count). The van der Waals surface area contributed by atoms with Crippen LogP contribution in [-0.2, 0) is 17.7 Å². The zero-order chi connectivity index (χ0) is 22.2. The van der Waals surface area contributed by atoms with Crippen LogP contribution in [0.3, 0.4) is 0 Å². The van der Waals surface area contributed by atoms with Gasteiger partial charge in [-0.2, -0.15) is 19.8 Å². The molecule has 3 heterocycles. The maximum atomic E-state index is 11.8. The molecule has 1 aromatic carbocycles. The second kappa shape index (κ2) is 10.6. The predicted molar refractivity (Wildman–Crippen MR) is 119 cm³/mol. The number of azo groups is 1. The van der Waals surface area contributed by atoms with Gasteiger partial charge in [0.1, 0.15) is 12.4 Å². The topological polar surface area (TPSA) is 99.1 Å². The molecule has 1 aliphatic rings. The molecule has 166 valence electrons. The van der Waals surface area contributed by atoms with Crippen LogP contribution in [0.25, 0.3) is 0 Å². The first-order valence-electron chi connectivity index (χ1n) is 10.6. The molecule has 0 N–H and O–H groups in total. The van der Waals surface area contributed by atoms with Crippen LogP contribution >= 0.6 is 0 Å². The number of aryl methyl sites for hydroxylation is 1. The van der Waals surface area contributed by atoms with Crippen LogP contribution in [0.1, 0.15) is 16.8 Å². The highest BCUT2D eigenvalue weighted by molar-refractivity contribution is 5.47. The molecular weight excluding hydrogens is 408 g/mol. The molecule has 9 heteroatoms. The van der Waals surface area contributed by atoms with Gasteiger partial charge in [-0.3, -0.25) is 0 Å². The largest absolute Gasteiger partial charge is 0.619 e. The first kappa shape index (κ1) is 21.6. The lowest BCUT2D eigenvalue weighted by atomic mass is 10.1. The van der Waals surface area contributed by atoms with E-state index in [0.29, 0.717) is 37.7 Å². The lowest BCUT2D eigenvalue weighted by Crippen LogP contribution is -2.36. The highest BCUT2D eigenvalue weighted by atomic mass is 16.5. The van der Waals surface area contributed by atoms with E-state index in [1.54, 1.807) is 18.2 Å². The van der Waals surface area contributed by atoms with Gasteiger partial charge in [0, 0.05) is 31.3 Å². The number of hydrogen-bond donors (Lipinski definition) is 0. The smallest absolute Gasteiger partial charge is 0.320 e. The lowest BCUT2D eigenvalue weighted by Gasteiger charge is -2.27. The van der Waals surface area contributed by atoms with Crippen molar-refractivity contribution in [2.75, 3.05) is 37.8 Å². The molecule has 3 aromatic rings. The fraction of sp³-hybridized carbons (Fsp3) is 0.348. The van der Waals surface area contributed by atoms with Gasteiger partial charge < -0.3 is 19.6 Å². The van der Waals surface area contributed by atoms with Gasteiger partial charge in [-0.15, -0.1) is 5.11 Å². The number of rotatable bonds is 8. The molecule has 0 atom stereocenters. The number of aromatic nitrogens is 3. The number of hydrogen-bond acceptors (Lipinski definition) is 8. The molecule has 1 fully saturated rings. The van der Waals surface area contributed by atoms with Crippen molar-refractivity contribution in [3.63, 3.8) is 0 Å². The van der Waals surface area contributed by atoms with Crippen LogP contribution in [-0.4, -0.2) is 42.9 Å². The Morgan fingerprint density at radius 1 is 1.12 bits per heavy atom. The fourth-order valence-electron chi connectivity index (χ4n) is 3.38. The Kier molecular flexibility index (Phi) is 7.19. The molecule has 0 radical (unpaired) electrons. The lowest BCUT2D eigenvalue weighted by molar-refractivity contribution is -0.614. The first-order chi connectivity index (χ1) is 15.7. The Morgan fingerprint density at radius 2 is 2.00 bits per heavy atom. The molecule has 1 aliphatic heterocycles. The maximum absolute atomic E-state index is 11.8. The number of ether oxygens (including phenoxy) is 2. The van der Waals surface area contributed by atoms with Gasteiger partial charge in [-0.25, -0.2) is 0 Å². The average Bonchev–Trinajstić information content (AvgIpc) is 2.81. The number of anilines is 1. The highest BCUT2D eigenvalue weighted by Crippen LogP contribution is 2.23. The summed E-state index contributed by atoms with van der Waals surface area (Å²) in [6.07, 6.45) is 1.91. The second-order valence-electron chi connectivity index (χ2n) is 7.47. The monoisotopic (exact) mass is 434 g/mol. The van der Waals surface area contributed by atoms with Crippen molar-refractivity contribution in [2.24, 2.45) is 10.2 Å². The number of pyridine rings is 1. The summed E-state index contributed by atoms with van der Waals surface area (Å²) in [6, 6.07) is 15.5. The predicted octanol–water partition coefficient (Wildman–Crippen LogP) is 3.16. The molecule has 0 aliphatic carbocycles. The van der Waals surface area contributed by atoms with Crippen LogP contribution in [0.15, 0.2) is 65.0 Å². The third kappa shape index (κ3) is 5.98. The summed E-state index contributed by atoms with van der Waals surface area (Å²) < 4.78 is 12.1. The quantitative estimate of drug-likeness (QED) is 0.307. The van der Waals surface area contributed by atoms with E-state index in [2.05, 4.69) is 31.2 Å². The summed E-state index contributed by atoms with van der Waals surface area (Å²) in [4.78, 5) is 11.0. The first-order valence-corrected chi connectivity index (χ1v) is 10.6. The standard InChI is InChI=1S/C23H26N6O3/c1-18-5-4-6-19(15-18)17-24-27-21-16-22(28-10-13-31-14-11-28)26-23(25-21)32-12-8-20-7-2-3-9-29(20)30/h2-7,9,15-16H,8,10-14,17H2,1H3. The summed E-state index contributed by atoms with van der Waals surface area (Å²) in [5.74, 6) is 1.16. The maximum Gasteiger partial charge on any atom is 0.320 e. The van der Waals surface area contributed by atoms with E-state index in [0.717, 1.165) is 29.2 Å². The zero-order valence-electron chi connectivity index (χ0n) is 18.1. The van der Waals surface area contributed by atoms with E-state index >= 15 is 0 Å². The van der Waals surface area contributed by atoms with Crippen LogP contribution in [0, 0.1) is 12.1 Å². The van der Waals surface area contributed by atoms with Gasteiger partial charge in [0.15, 0.2) is 17.7 Å². The summed E-state index contributed by atoms with van der Waals surface area (Å²) in [5.41, 5.74) is 2.89. The zero-order valence-corrected chi connectivity index (χ0v) is 18.1. The molecule has 2 aromatic heterocycles. The van der Waals surface area contributed by atoms with Crippen molar-refractivity contribution in [1.29, 1.82) is 0 Å². The highest BCUT2D eigenvalue weighted by Gasteiger charge is 2.16. The summed E-state index contributed by atoms with van der Waals surface area (Å²) >= 11 is 0. The van der Waals surface area contributed by atoms with Crippen molar-refractivity contribution >= 4 is 11.6 Å². The van der Waals surface area contributed by atoms with Crippen LogP contribution < -0.4 is 14.4 Å². The van der Waals surface area contributed by atoms with Gasteiger partial charge in [0.25, 0.3) is 0 Å². The number of benzene rings is 1. The summed E-state index contributed by atoms with van der Waals surface area (Å²) in [5, 5.41) is 20.4. The van der Waals surface area contributed by atoms with Crippen molar-refractivity contribution in [3.8, 4) is 6.01 Å². The minimum absolute atomic E-state index is 0.215. The van der Waals surface area contributed by atoms with Crippen molar-refractivity contribution in [3.05, 3.63) is 76.8 Å². The van der Waals surface area contributed by atoms with Crippen LogP contribution in [0.2, 0.25) is 0 Å². The molecule has 0 amide bonds. The van der Waals surface area contributed by atoms with Crippen LogP contribution in [0.5, 0.6) is 6.01 Å². The second-order valence-corrected chi connectivity index (χ2v) is 7.47. The molecule has 1 saturated heterocycles. The van der Waals surface area contributed by atoms with Gasteiger partial charge in [-0.05, 0) is 12.5 Å². The number of morpholine rings is 1. The van der Waals surface area contributed by atoms with Gasteiger partial charge in [0.05, 0.1) is 26.2 Å². The Balaban J connectivity index is 1.48. The van der Waals surface area contributed by atoms with E-state index in [1.165, 1.54) is 11.8 Å². The van der Waals surface area contributed by atoms with E-state index < -0.39 is 0 Å². The van der Waals surface area contributed by atoms with Crippen molar-refractivity contribution in [1.82, 2.24) is 9.97 Å². The molecule has 9 nitrogen and oxygen atoms in total. The van der Waals surface area contributed by atoms with Crippen molar-refractivity contribution in [2.45, 2.75) is 19.9 Å². The minimum Gasteiger partial charge on any atom is -0.619 e. The Hall–Kier alpha value is -3.59. The third-order valence-corrected chi connectivity index (χ3v) is 5.02. The average molecular weight is 435 g/mol. The van der Waals surface area contributed by atoms with Crippen molar-refractivity contribution < 1.29 is 14.2 Å². The van der Waals surface area contributed by atoms with Crippen LogP contribution in [0.4, 0.5) is 11.6 Å². The van der Waals surface area contributed by atoms with E-state index in [4.69, 9.17) is 9.47 Å². The molecule has 0 unspecified atom stereocenters. The van der Waals surface area contributed by atoms with E-state index in [1.807, 2.05) is 31.2 Å². The van der Waals surface area contributed by atoms with Gasteiger partial charge in [-0.1, -0.05) is 35.9 Å². The molecule has 32 heavy (non-hydrogen) atoms. The minimum atomic E-state index is 0.215. The fourth-order valence-corrected chi connectivity index (χ4v) is 3.38.